The Labute approximate surface area is 144 Å². The Bertz CT molecular complexity index is 913. The van der Waals surface area contributed by atoms with Crippen molar-refractivity contribution < 1.29 is 14.2 Å². The normalized spacial score (nSPS) is 16.5. The van der Waals surface area contributed by atoms with Gasteiger partial charge in [0.1, 0.15) is 12.0 Å². The number of nitrogens with zero attached hydrogens (tertiary/aromatic N) is 2. The van der Waals surface area contributed by atoms with E-state index in [0.717, 1.165) is 5.71 Å². The van der Waals surface area contributed by atoms with E-state index in [2.05, 4.69) is 39.9 Å². The van der Waals surface area contributed by atoms with E-state index in [1.807, 2.05) is 18.2 Å². The van der Waals surface area contributed by atoms with Crippen LogP contribution < -0.4 is 5.32 Å². The van der Waals surface area contributed by atoms with Gasteiger partial charge in [-0.05, 0) is 16.3 Å². The second-order valence-electron chi connectivity index (χ2n) is 5.98. The van der Waals surface area contributed by atoms with Crippen LogP contribution in [0.2, 0.25) is 0 Å². The molecule has 0 saturated heterocycles. The molecule has 0 spiro atoms. The smallest absolute Gasteiger partial charge is 0.264 e. The fraction of sp³-hybridized carbons (Fsp3) is 0.211. The molecule has 1 aromatic heterocycles. The highest BCUT2D eigenvalue weighted by molar-refractivity contribution is 5.96. The number of carbonyl (C=O) groups is 1. The van der Waals surface area contributed by atoms with Gasteiger partial charge in [-0.2, -0.15) is 0 Å². The summed E-state index contributed by atoms with van der Waals surface area (Å²) in [6.07, 6.45) is 2.05. The maximum absolute atomic E-state index is 12.2. The Morgan fingerprint density at radius 1 is 1.16 bits per heavy atom. The molecule has 1 aliphatic rings. The number of nitrogens with one attached hydrogen (secondary N) is 1. The lowest BCUT2D eigenvalue weighted by Crippen LogP contribution is -2.34. The fourth-order valence-electron chi connectivity index (χ4n) is 2.96. The van der Waals surface area contributed by atoms with Crippen molar-refractivity contribution in [3.8, 4) is 0 Å². The van der Waals surface area contributed by atoms with E-state index >= 15 is 0 Å². The topological polar surface area (TPSA) is 76.7 Å². The molecule has 126 valence electrons. The minimum absolute atomic E-state index is 0.195. The number of rotatable bonds is 5. The van der Waals surface area contributed by atoms with E-state index in [1.165, 1.54) is 22.6 Å². The highest BCUT2D eigenvalue weighted by Crippen LogP contribution is 2.22. The Hall–Kier alpha value is -3.15. The van der Waals surface area contributed by atoms with Crippen LogP contribution in [0.25, 0.3) is 10.8 Å². The number of oxime groups is 1. The third-order valence-electron chi connectivity index (χ3n) is 4.23. The number of benzene rings is 2. The molecule has 1 atom stereocenters. The predicted molar refractivity (Wildman–Crippen MR) is 92.9 cm³/mol. The van der Waals surface area contributed by atoms with Gasteiger partial charge in [-0.1, -0.05) is 52.8 Å². The van der Waals surface area contributed by atoms with Crippen LogP contribution in [0.5, 0.6) is 0 Å². The van der Waals surface area contributed by atoms with Gasteiger partial charge in [0.15, 0.2) is 0 Å². The predicted octanol–water partition coefficient (Wildman–Crippen LogP) is 2.83. The van der Waals surface area contributed by atoms with Crippen molar-refractivity contribution in [3.63, 3.8) is 0 Å². The summed E-state index contributed by atoms with van der Waals surface area (Å²) in [6.45, 7) is 0.313. The molecule has 4 rings (SSSR count). The zero-order chi connectivity index (χ0) is 17.1. The van der Waals surface area contributed by atoms with Crippen LogP contribution in [0, 0.1) is 0 Å². The zero-order valence-corrected chi connectivity index (χ0v) is 13.5. The number of hydrogen-bond donors (Lipinski definition) is 1. The van der Waals surface area contributed by atoms with Gasteiger partial charge in [0, 0.05) is 18.9 Å². The molecule has 2 heterocycles. The molecular formula is C19H17N3O3. The SMILES string of the molecule is O=C(NCc1ccon1)[C@@H]1CC(Cc2cccc3ccccc23)=NO1. The molecule has 25 heavy (non-hydrogen) atoms. The summed E-state index contributed by atoms with van der Waals surface area (Å²) in [5.74, 6) is -0.195. The van der Waals surface area contributed by atoms with Crippen LogP contribution in [0.4, 0.5) is 0 Å². The van der Waals surface area contributed by atoms with Crippen molar-refractivity contribution in [2.75, 3.05) is 0 Å². The third-order valence-corrected chi connectivity index (χ3v) is 4.23. The Balaban J connectivity index is 1.38. The third kappa shape index (κ3) is 3.38. The average Bonchev–Trinajstić information content (AvgIpc) is 3.32. The van der Waals surface area contributed by atoms with Crippen molar-refractivity contribution in [1.29, 1.82) is 0 Å². The zero-order valence-electron chi connectivity index (χ0n) is 13.5. The summed E-state index contributed by atoms with van der Waals surface area (Å²) in [4.78, 5) is 17.5. The molecule has 3 aromatic rings. The first-order valence-electron chi connectivity index (χ1n) is 8.15. The van der Waals surface area contributed by atoms with Crippen molar-refractivity contribution in [1.82, 2.24) is 10.5 Å². The molecule has 0 radical (unpaired) electrons. The summed E-state index contributed by atoms with van der Waals surface area (Å²) in [6, 6.07) is 16.2. The molecular weight excluding hydrogens is 318 g/mol. The fourth-order valence-corrected chi connectivity index (χ4v) is 2.96. The number of fused-ring (bicyclic) bond motifs is 1. The van der Waals surface area contributed by atoms with Crippen LogP contribution in [0.15, 0.2) is 64.5 Å². The van der Waals surface area contributed by atoms with Crippen LogP contribution in [0.3, 0.4) is 0 Å². The number of amides is 1. The van der Waals surface area contributed by atoms with Crippen molar-refractivity contribution in [3.05, 3.63) is 66.1 Å². The van der Waals surface area contributed by atoms with Crippen LogP contribution in [-0.4, -0.2) is 22.9 Å². The largest absolute Gasteiger partial charge is 0.382 e. The highest BCUT2D eigenvalue weighted by atomic mass is 16.6. The van der Waals surface area contributed by atoms with Crippen LogP contribution in [-0.2, 0) is 22.6 Å². The van der Waals surface area contributed by atoms with Gasteiger partial charge in [0.2, 0.25) is 6.10 Å². The minimum Gasteiger partial charge on any atom is -0.382 e. The van der Waals surface area contributed by atoms with Crippen LogP contribution >= 0.6 is 0 Å². The van der Waals surface area contributed by atoms with E-state index in [4.69, 9.17) is 9.36 Å². The maximum Gasteiger partial charge on any atom is 0.264 e. The van der Waals surface area contributed by atoms with Crippen molar-refractivity contribution in [2.24, 2.45) is 5.16 Å². The average molecular weight is 335 g/mol. The molecule has 2 aromatic carbocycles. The van der Waals surface area contributed by atoms with E-state index < -0.39 is 6.10 Å². The maximum atomic E-state index is 12.2. The summed E-state index contributed by atoms with van der Waals surface area (Å²) >= 11 is 0. The lowest BCUT2D eigenvalue weighted by molar-refractivity contribution is -0.131. The van der Waals surface area contributed by atoms with Crippen molar-refractivity contribution in [2.45, 2.75) is 25.5 Å². The molecule has 0 fully saturated rings. The van der Waals surface area contributed by atoms with E-state index in [9.17, 15) is 4.79 Å². The second-order valence-corrected chi connectivity index (χ2v) is 5.98. The van der Waals surface area contributed by atoms with Gasteiger partial charge in [-0.15, -0.1) is 0 Å². The van der Waals surface area contributed by atoms with E-state index in [-0.39, 0.29) is 5.91 Å². The highest BCUT2D eigenvalue weighted by Gasteiger charge is 2.28. The first kappa shape index (κ1) is 15.4. The lowest BCUT2D eigenvalue weighted by Gasteiger charge is -2.08. The van der Waals surface area contributed by atoms with E-state index in [1.54, 1.807) is 6.07 Å². The number of hydrogen-bond acceptors (Lipinski definition) is 5. The molecule has 6 nitrogen and oxygen atoms in total. The number of carbonyl (C=O) groups excluding carboxylic acids is 1. The van der Waals surface area contributed by atoms with E-state index in [0.29, 0.717) is 25.1 Å². The molecule has 0 aliphatic carbocycles. The second kappa shape index (κ2) is 6.76. The van der Waals surface area contributed by atoms with Gasteiger partial charge in [-0.25, -0.2) is 0 Å². The Morgan fingerprint density at radius 2 is 2.04 bits per heavy atom. The minimum atomic E-state index is -0.586. The summed E-state index contributed by atoms with van der Waals surface area (Å²) in [5.41, 5.74) is 2.73. The standard InChI is InChI=1S/C19H17N3O3/c23-19(20-12-15-8-9-24-21-15)18-11-16(22-25-18)10-14-6-3-5-13-4-1-2-7-17(13)14/h1-9,18H,10-12H2,(H,20,23)/t18-/m0/s1. The molecule has 1 N–H and O–H groups in total. The van der Waals surface area contributed by atoms with Crippen molar-refractivity contribution >= 4 is 22.4 Å². The quantitative estimate of drug-likeness (QED) is 0.778. The monoisotopic (exact) mass is 335 g/mol. The Morgan fingerprint density at radius 3 is 2.92 bits per heavy atom. The first-order chi connectivity index (χ1) is 12.3. The Kier molecular flexibility index (Phi) is 4.16. The molecule has 1 aliphatic heterocycles. The lowest BCUT2D eigenvalue weighted by atomic mass is 9.98. The molecule has 1 amide bonds. The van der Waals surface area contributed by atoms with Gasteiger partial charge < -0.3 is 14.7 Å². The van der Waals surface area contributed by atoms with Gasteiger partial charge in [0.05, 0.1) is 12.3 Å². The van der Waals surface area contributed by atoms with Gasteiger partial charge in [-0.3, -0.25) is 4.79 Å². The summed E-state index contributed by atoms with van der Waals surface area (Å²) in [5, 5.41) is 13.0. The van der Waals surface area contributed by atoms with Gasteiger partial charge >= 0.3 is 0 Å². The molecule has 0 bridgehead atoms. The molecule has 0 unspecified atom stereocenters. The van der Waals surface area contributed by atoms with Crippen LogP contribution in [0.1, 0.15) is 17.7 Å². The summed E-state index contributed by atoms with van der Waals surface area (Å²) < 4.78 is 4.74. The number of aromatic nitrogens is 1. The molecule has 6 heteroatoms. The van der Waals surface area contributed by atoms with Gasteiger partial charge in [0.25, 0.3) is 5.91 Å². The molecule has 0 saturated carbocycles. The first-order valence-corrected chi connectivity index (χ1v) is 8.15. The summed E-state index contributed by atoms with van der Waals surface area (Å²) in [7, 11) is 0.